The maximum absolute atomic E-state index is 12.5. The van der Waals surface area contributed by atoms with Gasteiger partial charge in [0.1, 0.15) is 11.4 Å². The van der Waals surface area contributed by atoms with Crippen molar-refractivity contribution >= 4 is 11.9 Å². The number of hydrogen-bond donors (Lipinski definition) is 0. The van der Waals surface area contributed by atoms with Gasteiger partial charge in [-0.05, 0) is 52.9 Å². The fourth-order valence-corrected chi connectivity index (χ4v) is 3.64. The van der Waals surface area contributed by atoms with Gasteiger partial charge in [-0.25, -0.2) is 4.79 Å². The molecule has 0 aliphatic carbocycles. The summed E-state index contributed by atoms with van der Waals surface area (Å²) < 4.78 is 5.53. The van der Waals surface area contributed by atoms with E-state index in [2.05, 4.69) is 0 Å². The fraction of sp³-hybridized carbons (Fsp3) is 0.824. The monoisotopic (exact) mass is 306 g/mol. The molecule has 0 saturated carbocycles. The van der Waals surface area contributed by atoms with Crippen molar-refractivity contribution in [3.05, 3.63) is 0 Å². The summed E-state index contributed by atoms with van der Waals surface area (Å²) in [6, 6.07) is 2.25. The quantitative estimate of drug-likeness (QED) is 0.801. The van der Waals surface area contributed by atoms with E-state index in [4.69, 9.17) is 10.00 Å². The number of ether oxygens (including phenoxy) is 1. The lowest BCUT2D eigenvalue weighted by molar-refractivity contribution is -0.127. The molecule has 2 heterocycles. The van der Waals surface area contributed by atoms with Crippen molar-refractivity contribution in [2.45, 2.75) is 83.4 Å². The minimum atomic E-state index is -0.495. The topological polar surface area (TPSA) is 70.4 Å². The molecule has 2 rings (SSSR count). The van der Waals surface area contributed by atoms with Crippen molar-refractivity contribution in [3.63, 3.8) is 0 Å². The summed E-state index contributed by atoms with van der Waals surface area (Å²) in [6.45, 7) is 5.62. The molecule has 0 aromatic heterocycles. The number of rotatable bonds is 3. The van der Waals surface area contributed by atoms with Crippen LogP contribution in [0.2, 0.25) is 0 Å². The van der Waals surface area contributed by atoms with E-state index >= 15 is 0 Å². The Hall–Kier alpha value is -1.57. The third kappa shape index (κ3) is 4.00. The highest BCUT2D eigenvalue weighted by atomic mass is 16.6. The normalized spacial score (nSPS) is 27.9. The molecule has 2 saturated heterocycles. The number of carbonyl (C=O) groups excluding carboxylic acids is 2. The van der Waals surface area contributed by atoms with Gasteiger partial charge in [0.05, 0.1) is 6.07 Å². The molecule has 2 fully saturated rings. The van der Waals surface area contributed by atoms with Gasteiger partial charge in [-0.15, -0.1) is 0 Å². The number of nitrogens with zero attached hydrogens (tertiary/aromatic N) is 2. The summed E-state index contributed by atoms with van der Waals surface area (Å²) in [7, 11) is 0. The molecule has 2 aliphatic heterocycles. The Morgan fingerprint density at radius 1 is 1.23 bits per heavy atom. The van der Waals surface area contributed by atoms with Gasteiger partial charge in [0.25, 0.3) is 0 Å². The number of piperidine rings is 2. The number of Topliss-reactive ketones (excluding diaryl/α,β-unsaturated/α-hetero) is 1. The second-order valence-electron chi connectivity index (χ2n) is 7.42. The Morgan fingerprint density at radius 2 is 1.82 bits per heavy atom. The summed E-state index contributed by atoms with van der Waals surface area (Å²) in [6.07, 6.45) is 4.82. The predicted octanol–water partition coefficient (Wildman–Crippen LogP) is 3.43. The van der Waals surface area contributed by atoms with E-state index in [1.54, 1.807) is 0 Å². The van der Waals surface area contributed by atoms with Crippen molar-refractivity contribution in [2.24, 2.45) is 5.92 Å². The Bertz CT molecular complexity index is 461. The molecule has 1 amide bonds. The molecule has 0 N–H and O–H groups in total. The first-order valence-corrected chi connectivity index (χ1v) is 8.23. The zero-order chi connectivity index (χ0) is 16.3. The molecule has 0 radical (unpaired) electrons. The lowest BCUT2D eigenvalue weighted by Crippen LogP contribution is -2.56. The third-order valence-electron chi connectivity index (χ3n) is 4.52. The first-order valence-electron chi connectivity index (χ1n) is 8.23. The van der Waals surface area contributed by atoms with E-state index in [-0.39, 0.29) is 29.9 Å². The molecule has 0 aromatic rings. The Balaban J connectivity index is 2.04. The zero-order valence-electron chi connectivity index (χ0n) is 13.8. The van der Waals surface area contributed by atoms with Gasteiger partial charge in [-0.3, -0.25) is 4.79 Å². The fourth-order valence-electron chi connectivity index (χ4n) is 3.64. The maximum atomic E-state index is 12.5. The highest BCUT2D eigenvalue weighted by molar-refractivity contribution is 5.82. The number of carbonyl (C=O) groups is 2. The third-order valence-corrected chi connectivity index (χ3v) is 4.52. The van der Waals surface area contributed by atoms with E-state index in [1.807, 2.05) is 31.7 Å². The van der Waals surface area contributed by atoms with Crippen molar-refractivity contribution in [3.8, 4) is 6.07 Å². The Morgan fingerprint density at radius 3 is 2.32 bits per heavy atom. The SMILES string of the molecule is CC(C)(C)OC(=O)N1C2CCCC1CC(C(=O)CCC#N)C2. The average Bonchev–Trinajstić information content (AvgIpc) is 2.41. The van der Waals surface area contributed by atoms with Gasteiger partial charge in [-0.2, -0.15) is 5.26 Å². The van der Waals surface area contributed by atoms with Crippen molar-refractivity contribution in [1.82, 2.24) is 4.90 Å². The molecule has 0 aromatic carbocycles. The lowest BCUT2D eigenvalue weighted by atomic mass is 9.76. The van der Waals surface area contributed by atoms with Crippen LogP contribution in [-0.2, 0) is 9.53 Å². The van der Waals surface area contributed by atoms with E-state index < -0.39 is 5.60 Å². The summed E-state index contributed by atoms with van der Waals surface area (Å²) in [5, 5.41) is 8.63. The largest absolute Gasteiger partial charge is 0.444 e. The minimum Gasteiger partial charge on any atom is -0.444 e. The van der Waals surface area contributed by atoms with Gasteiger partial charge >= 0.3 is 6.09 Å². The molecule has 2 bridgehead atoms. The summed E-state index contributed by atoms with van der Waals surface area (Å²) in [5.41, 5.74) is -0.495. The first-order chi connectivity index (χ1) is 10.3. The molecule has 22 heavy (non-hydrogen) atoms. The Labute approximate surface area is 132 Å². The summed E-state index contributed by atoms with van der Waals surface area (Å²) in [4.78, 5) is 26.5. The van der Waals surface area contributed by atoms with Crippen molar-refractivity contribution in [2.75, 3.05) is 0 Å². The predicted molar refractivity (Wildman–Crippen MR) is 82.1 cm³/mol. The lowest BCUT2D eigenvalue weighted by Gasteiger charge is -2.48. The van der Waals surface area contributed by atoms with Crippen LogP contribution in [0.15, 0.2) is 0 Å². The van der Waals surface area contributed by atoms with Crippen LogP contribution in [0, 0.1) is 17.2 Å². The Kier molecular flexibility index (Phi) is 5.10. The molecule has 122 valence electrons. The van der Waals surface area contributed by atoms with Crippen LogP contribution >= 0.6 is 0 Å². The first kappa shape index (κ1) is 16.8. The summed E-state index contributed by atoms with van der Waals surface area (Å²) >= 11 is 0. The van der Waals surface area contributed by atoms with Crippen LogP contribution in [0.4, 0.5) is 4.79 Å². The second kappa shape index (κ2) is 6.68. The number of hydrogen-bond acceptors (Lipinski definition) is 4. The highest BCUT2D eigenvalue weighted by Crippen LogP contribution is 2.38. The van der Waals surface area contributed by atoms with Gasteiger partial charge in [-0.1, -0.05) is 0 Å². The van der Waals surface area contributed by atoms with Crippen LogP contribution < -0.4 is 0 Å². The van der Waals surface area contributed by atoms with E-state index in [0.29, 0.717) is 12.8 Å². The molecule has 2 atom stereocenters. The second-order valence-corrected chi connectivity index (χ2v) is 7.42. The van der Waals surface area contributed by atoms with E-state index in [9.17, 15) is 9.59 Å². The van der Waals surface area contributed by atoms with Gasteiger partial charge in [0.15, 0.2) is 0 Å². The smallest absolute Gasteiger partial charge is 0.410 e. The van der Waals surface area contributed by atoms with Crippen LogP contribution in [0.25, 0.3) is 0 Å². The molecule has 0 spiro atoms. The summed E-state index contributed by atoms with van der Waals surface area (Å²) in [5.74, 6) is 0.185. The highest BCUT2D eigenvalue weighted by Gasteiger charge is 2.44. The van der Waals surface area contributed by atoms with Gasteiger partial charge < -0.3 is 9.64 Å². The van der Waals surface area contributed by atoms with Crippen LogP contribution in [-0.4, -0.2) is 34.5 Å². The van der Waals surface area contributed by atoms with Gasteiger partial charge in [0.2, 0.25) is 0 Å². The van der Waals surface area contributed by atoms with Crippen molar-refractivity contribution < 1.29 is 14.3 Å². The van der Waals surface area contributed by atoms with E-state index in [0.717, 1.165) is 32.1 Å². The molecular formula is C17H26N2O3. The number of amides is 1. The van der Waals surface area contributed by atoms with Gasteiger partial charge in [0, 0.05) is 30.8 Å². The maximum Gasteiger partial charge on any atom is 0.410 e. The molecular weight excluding hydrogens is 280 g/mol. The minimum absolute atomic E-state index is 0.00216. The standard InChI is InChI=1S/C17H26N2O3/c1-17(2,3)22-16(21)19-13-6-4-7-14(19)11-12(10-13)15(20)8-5-9-18/h12-14H,4-8,10-11H2,1-3H3. The van der Waals surface area contributed by atoms with Crippen molar-refractivity contribution in [1.29, 1.82) is 5.26 Å². The number of nitriles is 1. The average molecular weight is 306 g/mol. The van der Waals surface area contributed by atoms with Crippen LogP contribution in [0.3, 0.4) is 0 Å². The molecule has 2 unspecified atom stereocenters. The van der Waals surface area contributed by atoms with Crippen LogP contribution in [0.5, 0.6) is 0 Å². The molecule has 2 aliphatic rings. The number of fused-ring (bicyclic) bond motifs is 2. The number of ketones is 1. The van der Waals surface area contributed by atoms with Crippen LogP contribution in [0.1, 0.15) is 65.7 Å². The van der Waals surface area contributed by atoms with E-state index in [1.165, 1.54) is 0 Å². The zero-order valence-corrected chi connectivity index (χ0v) is 13.8. The molecule has 5 heteroatoms. The molecule has 5 nitrogen and oxygen atoms in total.